The number of nitrogens with zero attached hydrogens (tertiary/aromatic N) is 1. The monoisotopic (exact) mass is 555 g/mol. The van der Waals surface area contributed by atoms with Crippen molar-refractivity contribution in [2.24, 2.45) is 0 Å². The van der Waals surface area contributed by atoms with Crippen LogP contribution in [0, 0.1) is 5.82 Å². The molecule has 0 saturated carbocycles. The summed E-state index contributed by atoms with van der Waals surface area (Å²) in [6.45, 7) is 2.22. The summed E-state index contributed by atoms with van der Waals surface area (Å²) in [4.78, 5) is 51.1. The van der Waals surface area contributed by atoms with Crippen LogP contribution >= 0.6 is 23.2 Å². The third-order valence-electron chi connectivity index (χ3n) is 5.40. The Bertz CT molecular complexity index is 1470. The molecule has 194 valence electrons. The number of hydrogen-bond donors (Lipinski definition) is 2. The molecule has 0 fully saturated rings. The first kappa shape index (κ1) is 26.8. The summed E-state index contributed by atoms with van der Waals surface area (Å²) < 4.78 is 18.6. The third-order valence-corrected chi connectivity index (χ3v) is 6.04. The molecule has 8 nitrogen and oxygen atoms in total. The number of benzene rings is 3. The summed E-state index contributed by atoms with van der Waals surface area (Å²) in [6, 6.07) is 15.8. The van der Waals surface area contributed by atoms with Crippen LogP contribution in [0.15, 0.2) is 77.5 Å². The highest BCUT2D eigenvalue weighted by molar-refractivity contribution is 6.53. The van der Waals surface area contributed by atoms with Crippen molar-refractivity contribution in [2.45, 2.75) is 13.3 Å². The number of anilines is 3. The van der Waals surface area contributed by atoms with Crippen molar-refractivity contribution in [1.82, 2.24) is 0 Å². The van der Waals surface area contributed by atoms with Crippen LogP contribution in [0.2, 0.25) is 5.02 Å². The predicted molar refractivity (Wildman–Crippen MR) is 142 cm³/mol. The highest BCUT2D eigenvalue weighted by atomic mass is 35.5. The van der Waals surface area contributed by atoms with Crippen LogP contribution in [0.5, 0.6) is 0 Å². The number of hydrogen-bond acceptors (Lipinski definition) is 6. The van der Waals surface area contributed by atoms with Crippen molar-refractivity contribution >= 4 is 64.0 Å². The zero-order chi connectivity index (χ0) is 27.4. The molecule has 3 aromatic carbocycles. The Labute approximate surface area is 227 Å². The molecule has 0 atom stereocenters. The van der Waals surface area contributed by atoms with Crippen LogP contribution in [-0.4, -0.2) is 30.3 Å². The molecule has 0 radical (unpaired) electrons. The van der Waals surface area contributed by atoms with E-state index in [4.69, 9.17) is 27.9 Å². The molecule has 1 heterocycles. The first-order chi connectivity index (χ1) is 18.2. The fourth-order valence-corrected chi connectivity index (χ4v) is 3.91. The maximum Gasteiger partial charge on any atom is 0.338 e. The molecule has 4 rings (SSSR count). The Balaban J connectivity index is 1.46. The molecule has 2 N–H and O–H groups in total. The van der Waals surface area contributed by atoms with Crippen LogP contribution < -0.4 is 15.5 Å². The fraction of sp³-hybridized carbons (Fsp3) is 0.111. The van der Waals surface area contributed by atoms with E-state index in [2.05, 4.69) is 10.6 Å². The molecule has 0 unspecified atom stereocenters. The van der Waals surface area contributed by atoms with E-state index in [1.165, 1.54) is 12.1 Å². The molecule has 0 aromatic heterocycles. The topological polar surface area (TPSA) is 105 Å². The van der Waals surface area contributed by atoms with Gasteiger partial charge in [-0.05, 0) is 67.1 Å². The highest BCUT2D eigenvalue weighted by Gasteiger charge is 2.39. The summed E-state index contributed by atoms with van der Waals surface area (Å²) in [5.41, 5.74) is 1.23. The van der Waals surface area contributed by atoms with Crippen molar-refractivity contribution in [2.75, 3.05) is 22.1 Å². The zero-order valence-electron chi connectivity index (χ0n) is 19.9. The van der Waals surface area contributed by atoms with Crippen molar-refractivity contribution in [3.63, 3.8) is 0 Å². The van der Waals surface area contributed by atoms with Gasteiger partial charge in [-0.15, -0.1) is 0 Å². The second-order valence-corrected chi connectivity index (χ2v) is 8.89. The van der Waals surface area contributed by atoms with Crippen LogP contribution in [0.4, 0.5) is 21.5 Å². The van der Waals surface area contributed by atoms with Gasteiger partial charge in [0.15, 0.2) is 0 Å². The summed E-state index contributed by atoms with van der Waals surface area (Å²) in [6.07, 6.45) is 0.711. The van der Waals surface area contributed by atoms with Gasteiger partial charge in [0.25, 0.3) is 17.7 Å². The summed E-state index contributed by atoms with van der Waals surface area (Å²) in [7, 11) is 0. The van der Waals surface area contributed by atoms with Gasteiger partial charge in [0.1, 0.15) is 16.5 Å². The Kier molecular flexibility index (Phi) is 8.09. The molecular formula is C27H20Cl2FN3O5. The molecule has 11 heteroatoms. The van der Waals surface area contributed by atoms with Gasteiger partial charge >= 0.3 is 5.97 Å². The average Bonchev–Trinajstić information content (AvgIpc) is 3.12. The lowest BCUT2D eigenvalue weighted by Crippen LogP contribution is -2.32. The summed E-state index contributed by atoms with van der Waals surface area (Å²) in [5.74, 6) is -3.18. The van der Waals surface area contributed by atoms with E-state index in [1.807, 2.05) is 6.92 Å². The molecule has 3 amide bonds. The van der Waals surface area contributed by atoms with Crippen LogP contribution in [0.25, 0.3) is 0 Å². The Morgan fingerprint density at radius 2 is 1.66 bits per heavy atom. The predicted octanol–water partition coefficient (Wildman–Crippen LogP) is 5.73. The van der Waals surface area contributed by atoms with Gasteiger partial charge in [0.05, 0.1) is 22.9 Å². The minimum Gasteiger partial charge on any atom is -0.462 e. The minimum absolute atomic E-state index is 0.0547. The molecule has 0 aliphatic carbocycles. The van der Waals surface area contributed by atoms with Crippen LogP contribution in [0.1, 0.15) is 34.1 Å². The zero-order valence-corrected chi connectivity index (χ0v) is 21.4. The van der Waals surface area contributed by atoms with Crippen LogP contribution in [0.3, 0.4) is 0 Å². The lowest BCUT2D eigenvalue weighted by atomic mass is 10.1. The van der Waals surface area contributed by atoms with Gasteiger partial charge < -0.3 is 15.4 Å². The molecule has 0 saturated heterocycles. The lowest BCUT2D eigenvalue weighted by molar-refractivity contribution is -0.120. The molecule has 38 heavy (non-hydrogen) atoms. The van der Waals surface area contributed by atoms with Crippen molar-refractivity contribution in [3.05, 3.63) is 99.4 Å². The van der Waals surface area contributed by atoms with E-state index in [9.17, 15) is 23.6 Å². The number of ether oxygens (including phenoxy) is 1. The second-order valence-electron chi connectivity index (χ2n) is 8.11. The number of imide groups is 1. The van der Waals surface area contributed by atoms with Crippen molar-refractivity contribution in [3.8, 4) is 0 Å². The van der Waals surface area contributed by atoms with E-state index in [0.717, 1.165) is 17.0 Å². The van der Waals surface area contributed by atoms with E-state index >= 15 is 0 Å². The average molecular weight is 556 g/mol. The number of amides is 3. The van der Waals surface area contributed by atoms with Gasteiger partial charge in [0.2, 0.25) is 0 Å². The normalized spacial score (nSPS) is 13.1. The Morgan fingerprint density at radius 3 is 2.34 bits per heavy atom. The first-order valence-electron chi connectivity index (χ1n) is 11.4. The van der Waals surface area contributed by atoms with E-state index in [1.54, 1.807) is 42.5 Å². The molecule has 0 spiro atoms. The molecule has 3 aromatic rings. The number of esters is 1. The number of rotatable bonds is 8. The Morgan fingerprint density at radius 1 is 0.921 bits per heavy atom. The van der Waals surface area contributed by atoms with Gasteiger partial charge in [-0.25, -0.2) is 14.1 Å². The number of halogens is 3. The standard InChI is InChI=1S/C27H20Cl2FN3O5/c1-2-12-38-27(37)15-6-8-17(9-7-15)32-24(34)16-4-3-5-18(13-16)31-23-22(29)25(35)33(26(23)36)19-10-11-21(30)20(28)14-19/h3-11,13-14,31H,2,12H2,1H3,(H,32,34). The van der Waals surface area contributed by atoms with Gasteiger partial charge in [-0.3, -0.25) is 14.4 Å². The first-order valence-corrected chi connectivity index (χ1v) is 12.1. The number of carbonyl (C=O) groups excluding carboxylic acids is 4. The molecule has 1 aliphatic rings. The molecular weight excluding hydrogens is 536 g/mol. The van der Waals surface area contributed by atoms with Crippen molar-refractivity contribution < 1.29 is 28.3 Å². The lowest BCUT2D eigenvalue weighted by Gasteiger charge is -2.15. The quantitative estimate of drug-likeness (QED) is 0.271. The number of carbonyl (C=O) groups is 4. The van der Waals surface area contributed by atoms with Gasteiger partial charge in [-0.2, -0.15) is 0 Å². The maximum atomic E-state index is 13.5. The SMILES string of the molecule is CCCOC(=O)c1ccc(NC(=O)c2cccc(NC3=C(Cl)C(=O)N(c4ccc(F)c(Cl)c4)C3=O)c2)cc1. The second kappa shape index (κ2) is 11.5. The van der Waals surface area contributed by atoms with E-state index in [0.29, 0.717) is 30.0 Å². The fourth-order valence-electron chi connectivity index (χ4n) is 3.52. The van der Waals surface area contributed by atoms with Crippen molar-refractivity contribution in [1.29, 1.82) is 0 Å². The minimum atomic E-state index is -0.808. The largest absolute Gasteiger partial charge is 0.462 e. The smallest absolute Gasteiger partial charge is 0.338 e. The molecule has 0 bridgehead atoms. The van der Waals surface area contributed by atoms with E-state index < -0.39 is 29.5 Å². The summed E-state index contributed by atoms with van der Waals surface area (Å²) in [5, 5.41) is 4.88. The summed E-state index contributed by atoms with van der Waals surface area (Å²) >= 11 is 11.9. The highest BCUT2D eigenvalue weighted by Crippen LogP contribution is 2.32. The third kappa shape index (κ3) is 5.69. The van der Waals surface area contributed by atoms with Gasteiger partial charge in [0, 0.05) is 16.9 Å². The van der Waals surface area contributed by atoms with Crippen LogP contribution in [-0.2, 0) is 14.3 Å². The van der Waals surface area contributed by atoms with E-state index in [-0.39, 0.29) is 27.0 Å². The number of nitrogens with one attached hydrogen (secondary N) is 2. The maximum absolute atomic E-state index is 13.5. The molecule has 1 aliphatic heterocycles. The van der Waals surface area contributed by atoms with Gasteiger partial charge in [-0.1, -0.05) is 36.2 Å². The Hall–Kier alpha value is -4.21.